The first-order valence-corrected chi connectivity index (χ1v) is 10.8. The molecule has 0 spiro atoms. The van der Waals surface area contributed by atoms with E-state index in [4.69, 9.17) is 15.9 Å². The van der Waals surface area contributed by atoms with Crippen LogP contribution in [-0.4, -0.2) is 22.4 Å². The van der Waals surface area contributed by atoms with Crippen molar-refractivity contribution in [1.29, 1.82) is 0 Å². The van der Waals surface area contributed by atoms with Gasteiger partial charge in [0.25, 0.3) is 0 Å². The summed E-state index contributed by atoms with van der Waals surface area (Å²) in [6, 6.07) is 0. The molecule has 1 amide bonds. The largest absolute Gasteiger partial charge is 0.370 e. The summed E-state index contributed by atoms with van der Waals surface area (Å²) in [5, 5.41) is 17.5. The monoisotopic (exact) mass is 357 g/mol. The average molecular weight is 358 g/mol. The first-order valence-electron chi connectivity index (χ1n) is 10.8. The van der Waals surface area contributed by atoms with Crippen LogP contribution in [0.5, 0.6) is 0 Å². The van der Waals surface area contributed by atoms with E-state index in [1.165, 1.54) is 83.5 Å². The Morgan fingerprint density at radius 2 is 0.840 bits per heavy atom. The Morgan fingerprint density at radius 3 is 1.12 bits per heavy atom. The van der Waals surface area contributed by atoms with Gasteiger partial charge in [-0.2, -0.15) is 0 Å². The standard InChI is InChI=1S/C21H43NO3/c22-20(23)18-16-14-12-10-8-6-4-2-1-3-5-7-9-11-13-15-17-19-21(24)25/h21,24-25H,1-19H2,(H2,22,23). The van der Waals surface area contributed by atoms with Crippen molar-refractivity contribution in [3.63, 3.8) is 0 Å². The number of unbranched alkanes of at least 4 members (excludes halogenated alkanes) is 16. The van der Waals surface area contributed by atoms with Crippen molar-refractivity contribution in [1.82, 2.24) is 0 Å². The van der Waals surface area contributed by atoms with Gasteiger partial charge in [0.15, 0.2) is 6.29 Å². The van der Waals surface area contributed by atoms with Crippen molar-refractivity contribution in [3.8, 4) is 0 Å². The Balaban J connectivity index is 2.99. The van der Waals surface area contributed by atoms with E-state index in [9.17, 15) is 4.79 Å². The Morgan fingerprint density at radius 1 is 0.560 bits per heavy atom. The zero-order valence-electron chi connectivity index (χ0n) is 16.4. The van der Waals surface area contributed by atoms with E-state index in [0.29, 0.717) is 12.8 Å². The molecule has 0 aliphatic heterocycles. The summed E-state index contributed by atoms with van der Waals surface area (Å²) in [7, 11) is 0. The zero-order chi connectivity index (χ0) is 18.6. The van der Waals surface area contributed by atoms with E-state index >= 15 is 0 Å². The number of carbonyl (C=O) groups excluding carboxylic acids is 1. The SMILES string of the molecule is NC(=O)CCCCCCCCCCCCCCCCCCCC(O)O. The lowest BCUT2D eigenvalue weighted by atomic mass is 10.0. The van der Waals surface area contributed by atoms with E-state index < -0.39 is 6.29 Å². The molecule has 0 bridgehead atoms. The highest BCUT2D eigenvalue weighted by Gasteiger charge is 1.98. The molecule has 0 fully saturated rings. The van der Waals surface area contributed by atoms with Crippen LogP contribution in [0.25, 0.3) is 0 Å². The summed E-state index contributed by atoms with van der Waals surface area (Å²) in [5.74, 6) is -0.168. The molecule has 0 unspecified atom stereocenters. The Hall–Kier alpha value is -0.610. The van der Waals surface area contributed by atoms with Crippen LogP contribution in [0.1, 0.15) is 122 Å². The van der Waals surface area contributed by atoms with E-state index in [1.54, 1.807) is 0 Å². The van der Waals surface area contributed by atoms with Crippen LogP contribution in [0.15, 0.2) is 0 Å². The van der Waals surface area contributed by atoms with Crippen molar-refractivity contribution in [2.75, 3.05) is 0 Å². The predicted octanol–water partition coefficient (Wildman–Crippen LogP) is 5.19. The predicted molar refractivity (Wildman–Crippen MR) is 105 cm³/mol. The number of hydrogen-bond acceptors (Lipinski definition) is 3. The molecule has 0 aromatic carbocycles. The number of nitrogens with two attached hydrogens (primary N) is 1. The number of amides is 1. The summed E-state index contributed by atoms with van der Waals surface area (Å²) in [6.07, 6.45) is 21.5. The van der Waals surface area contributed by atoms with Gasteiger partial charge in [0, 0.05) is 6.42 Å². The second-order valence-electron chi connectivity index (χ2n) is 7.50. The van der Waals surface area contributed by atoms with Crippen molar-refractivity contribution < 1.29 is 15.0 Å². The van der Waals surface area contributed by atoms with Gasteiger partial charge in [0.1, 0.15) is 0 Å². The number of carbonyl (C=O) groups is 1. The minimum Gasteiger partial charge on any atom is -0.370 e. The molecule has 0 aromatic heterocycles. The van der Waals surface area contributed by atoms with E-state index in [-0.39, 0.29) is 5.91 Å². The van der Waals surface area contributed by atoms with Crippen molar-refractivity contribution in [2.24, 2.45) is 5.73 Å². The number of primary amides is 1. The molecule has 0 heterocycles. The minimum atomic E-state index is -1.12. The molecule has 0 rings (SSSR count). The third-order valence-electron chi connectivity index (χ3n) is 4.89. The van der Waals surface area contributed by atoms with E-state index in [2.05, 4.69) is 0 Å². The molecule has 0 aliphatic carbocycles. The van der Waals surface area contributed by atoms with Crippen LogP contribution in [-0.2, 0) is 4.79 Å². The van der Waals surface area contributed by atoms with Gasteiger partial charge >= 0.3 is 0 Å². The van der Waals surface area contributed by atoms with Crippen LogP contribution >= 0.6 is 0 Å². The smallest absolute Gasteiger partial charge is 0.217 e. The second-order valence-corrected chi connectivity index (χ2v) is 7.50. The first kappa shape index (κ1) is 24.4. The van der Waals surface area contributed by atoms with Gasteiger partial charge in [-0.15, -0.1) is 0 Å². The number of aliphatic hydroxyl groups is 2. The lowest BCUT2D eigenvalue weighted by molar-refractivity contribution is -0.118. The highest BCUT2D eigenvalue weighted by molar-refractivity contribution is 5.73. The Kier molecular flexibility index (Phi) is 19.2. The third kappa shape index (κ3) is 23.4. The molecule has 150 valence electrons. The second kappa shape index (κ2) is 19.7. The molecule has 0 aliphatic rings. The van der Waals surface area contributed by atoms with Gasteiger partial charge < -0.3 is 15.9 Å². The van der Waals surface area contributed by atoms with Gasteiger partial charge in [-0.25, -0.2) is 0 Å². The quantitative estimate of drug-likeness (QED) is 0.207. The molecule has 25 heavy (non-hydrogen) atoms. The molecule has 0 atom stereocenters. The molecular weight excluding hydrogens is 314 g/mol. The van der Waals surface area contributed by atoms with E-state index in [1.807, 2.05) is 0 Å². The van der Waals surface area contributed by atoms with Crippen LogP contribution in [0.4, 0.5) is 0 Å². The summed E-state index contributed by atoms with van der Waals surface area (Å²) in [6.45, 7) is 0. The lowest BCUT2D eigenvalue weighted by Crippen LogP contribution is -2.09. The molecule has 0 radical (unpaired) electrons. The zero-order valence-corrected chi connectivity index (χ0v) is 16.4. The van der Waals surface area contributed by atoms with Crippen LogP contribution in [0, 0.1) is 0 Å². The summed E-state index contributed by atoms with van der Waals surface area (Å²) >= 11 is 0. The first-order chi connectivity index (χ1) is 12.1. The molecule has 0 saturated carbocycles. The van der Waals surface area contributed by atoms with Crippen LogP contribution < -0.4 is 5.73 Å². The van der Waals surface area contributed by atoms with Gasteiger partial charge in [0.2, 0.25) is 5.91 Å². The average Bonchev–Trinajstić information content (AvgIpc) is 2.56. The fourth-order valence-corrected chi connectivity index (χ4v) is 3.28. The maximum atomic E-state index is 10.6. The summed E-state index contributed by atoms with van der Waals surface area (Å²) in [5.41, 5.74) is 5.12. The topological polar surface area (TPSA) is 83.6 Å². The summed E-state index contributed by atoms with van der Waals surface area (Å²) < 4.78 is 0. The maximum Gasteiger partial charge on any atom is 0.217 e. The van der Waals surface area contributed by atoms with Gasteiger partial charge in [0.05, 0.1) is 0 Å². The molecule has 0 saturated heterocycles. The molecule has 4 N–H and O–H groups in total. The van der Waals surface area contributed by atoms with Gasteiger partial charge in [-0.1, -0.05) is 96.3 Å². The number of rotatable bonds is 20. The molecule has 0 aromatic rings. The van der Waals surface area contributed by atoms with Crippen molar-refractivity contribution >= 4 is 5.91 Å². The fourth-order valence-electron chi connectivity index (χ4n) is 3.28. The normalized spacial score (nSPS) is 11.3. The Labute approximate surface area is 155 Å². The Bertz CT molecular complexity index is 282. The van der Waals surface area contributed by atoms with Crippen molar-refractivity contribution in [2.45, 2.75) is 128 Å². The highest BCUT2D eigenvalue weighted by atomic mass is 16.5. The van der Waals surface area contributed by atoms with Gasteiger partial charge in [-0.3, -0.25) is 4.79 Å². The lowest BCUT2D eigenvalue weighted by Gasteiger charge is -2.04. The van der Waals surface area contributed by atoms with Crippen LogP contribution in [0.2, 0.25) is 0 Å². The molecule has 4 nitrogen and oxygen atoms in total. The highest BCUT2D eigenvalue weighted by Crippen LogP contribution is 2.14. The summed E-state index contributed by atoms with van der Waals surface area (Å²) in [4.78, 5) is 10.6. The van der Waals surface area contributed by atoms with Crippen molar-refractivity contribution in [3.05, 3.63) is 0 Å². The molecule has 4 heteroatoms. The minimum absolute atomic E-state index is 0.168. The van der Waals surface area contributed by atoms with E-state index in [0.717, 1.165) is 25.7 Å². The number of hydrogen-bond donors (Lipinski definition) is 3. The molecular formula is C21H43NO3. The third-order valence-corrected chi connectivity index (χ3v) is 4.89. The van der Waals surface area contributed by atoms with Gasteiger partial charge in [-0.05, 0) is 19.3 Å². The fraction of sp³-hybridized carbons (Fsp3) is 0.952. The number of aliphatic hydroxyl groups excluding tert-OH is 1. The maximum absolute atomic E-state index is 10.6. The van der Waals surface area contributed by atoms with Crippen LogP contribution in [0.3, 0.4) is 0 Å².